The van der Waals surface area contributed by atoms with Crippen molar-refractivity contribution in [2.24, 2.45) is 11.8 Å². The van der Waals surface area contributed by atoms with E-state index < -0.39 is 5.97 Å². The minimum atomic E-state index is -0.745. The maximum Gasteiger partial charge on any atom is 0.317 e. The number of hydrogen-bond acceptors (Lipinski definition) is 3. The highest BCUT2D eigenvalue weighted by atomic mass is 16.5. The Bertz CT molecular complexity index is 322. The smallest absolute Gasteiger partial charge is 0.317 e. The van der Waals surface area contributed by atoms with Gasteiger partial charge >= 0.3 is 12.0 Å². The Morgan fingerprint density at radius 3 is 2.70 bits per heavy atom. The topological polar surface area (TPSA) is 78.9 Å². The Balaban J connectivity index is 2.35. The summed E-state index contributed by atoms with van der Waals surface area (Å²) in [7, 11) is 0. The largest absolute Gasteiger partial charge is 0.481 e. The minimum Gasteiger partial charge on any atom is -0.481 e. The van der Waals surface area contributed by atoms with Crippen molar-refractivity contribution in [3.05, 3.63) is 0 Å². The van der Waals surface area contributed by atoms with Crippen LogP contribution in [-0.4, -0.2) is 54.9 Å². The fourth-order valence-corrected chi connectivity index (χ4v) is 2.66. The Kier molecular flexibility index (Phi) is 7.36. The third kappa shape index (κ3) is 5.00. The van der Waals surface area contributed by atoms with E-state index in [9.17, 15) is 9.59 Å². The third-order valence-corrected chi connectivity index (χ3v) is 3.87. The van der Waals surface area contributed by atoms with Gasteiger partial charge in [-0.1, -0.05) is 6.42 Å². The second-order valence-electron chi connectivity index (χ2n) is 5.10. The minimum absolute atomic E-state index is 0.0575. The number of carbonyl (C=O) groups excluding carboxylic acids is 1. The number of carboxylic acids is 1. The van der Waals surface area contributed by atoms with E-state index in [-0.39, 0.29) is 17.9 Å². The first kappa shape index (κ1) is 16.8. The molecule has 0 bridgehead atoms. The van der Waals surface area contributed by atoms with Crippen molar-refractivity contribution in [2.45, 2.75) is 33.1 Å². The molecule has 6 heteroatoms. The molecule has 1 rings (SSSR count). The van der Waals surface area contributed by atoms with E-state index in [1.807, 2.05) is 13.8 Å². The fraction of sp³-hybridized carbons (Fsp3) is 0.857. The van der Waals surface area contributed by atoms with Crippen molar-refractivity contribution in [2.75, 3.05) is 32.8 Å². The van der Waals surface area contributed by atoms with Gasteiger partial charge in [0.15, 0.2) is 0 Å². The van der Waals surface area contributed by atoms with Gasteiger partial charge in [0.2, 0.25) is 0 Å². The van der Waals surface area contributed by atoms with E-state index >= 15 is 0 Å². The van der Waals surface area contributed by atoms with Gasteiger partial charge in [0, 0.05) is 26.2 Å². The number of carboxylic acid groups (broad SMARTS) is 1. The summed E-state index contributed by atoms with van der Waals surface area (Å²) in [6.07, 6.45) is 2.53. The first-order valence-corrected chi connectivity index (χ1v) is 7.43. The molecule has 1 aliphatic carbocycles. The summed E-state index contributed by atoms with van der Waals surface area (Å²) in [5.41, 5.74) is 0. The third-order valence-electron chi connectivity index (χ3n) is 3.87. The van der Waals surface area contributed by atoms with E-state index in [1.165, 1.54) is 0 Å². The molecule has 0 saturated heterocycles. The van der Waals surface area contributed by atoms with Gasteiger partial charge in [-0.15, -0.1) is 0 Å². The highest BCUT2D eigenvalue weighted by molar-refractivity contribution is 5.74. The molecule has 0 aromatic rings. The van der Waals surface area contributed by atoms with E-state index in [4.69, 9.17) is 9.84 Å². The average Bonchev–Trinajstić information content (AvgIpc) is 2.89. The van der Waals surface area contributed by atoms with Crippen LogP contribution in [0.15, 0.2) is 0 Å². The van der Waals surface area contributed by atoms with Crippen molar-refractivity contribution in [1.82, 2.24) is 10.2 Å². The molecule has 6 nitrogen and oxygen atoms in total. The second-order valence-corrected chi connectivity index (χ2v) is 5.10. The summed E-state index contributed by atoms with van der Waals surface area (Å²) in [4.78, 5) is 24.8. The zero-order chi connectivity index (χ0) is 15.0. The lowest BCUT2D eigenvalue weighted by molar-refractivity contribution is -0.142. The Morgan fingerprint density at radius 2 is 2.10 bits per heavy atom. The number of rotatable bonds is 8. The standard InChI is InChI=1S/C14H26N2O4/c1-3-16(8-9-20-4-2)14(19)15-10-11-6-5-7-12(11)13(17)18/h11-12H,3-10H2,1-2H3,(H,15,19)(H,17,18). The molecule has 0 spiro atoms. The molecule has 0 aromatic carbocycles. The van der Waals surface area contributed by atoms with Crippen LogP contribution in [0.2, 0.25) is 0 Å². The molecule has 20 heavy (non-hydrogen) atoms. The molecule has 2 N–H and O–H groups in total. The van der Waals surface area contributed by atoms with Crippen LogP contribution in [0.4, 0.5) is 4.79 Å². The molecular weight excluding hydrogens is 260 g/mol. The number of nitrogens with zero attached hydrogens (tertiary/aromatic N) is 1. The van der Waals surface area contributed by atoms with Gasteiger partial charge in [0.05, 0.1) is 12.5 Å². The van der Waals surface area contributed by atoms with Crippen LogP contribution < -0.4 is 5.32 Å². The first-order valence-electron chi connectivity index (χ1n) is 7.43. The number of carbonyl (C=O) groups is 2. The zero-order valence-electron chi connectivity index (χ0n) is 12.4. The van der Waals surface area contributed by atoms with Crippen LogP contribution in [0.5, 0.6) is 0 Å². The normalized spacial score (nSPS) is 21.7. The maximum absolute atomic E-state index is 12.0. The zero-order valence-corrected chi connectivity index (χ0v) is 12.4. The molecule has 1 fully saturated rings. The number of nitrogens with one attached hydrogen (secondary N) is 1. The summed E-state index contributed by atoms with van der Waals surface area (Å²) in [6.45, 7) is 6.63. The maximum atomic E-state index is 12.0. The highest BCUT2D eigenvalue weighted by Crippen LogP contribution is 2.31. The first-order chi connectivity index (χ1) is 9.60. The van der Waals surface area contributed by atoms with E-state index in [1.54, 1.807) is 4.90 Å². The number of urea groups is 1. The van der Waals surface area contributed by atoms with Gasteiger partial charge in [-0.3, -0.25) is 4.79 Å². The lowest BCUT2D eigenvalue weighted by atomic mass is 9.96. The van der Waals surface area contributed by atoms with Gasteiger partial charge in [-0.25, -0.2) is 4.79 Å². The number of aliphatic carboxylic acids is 1. The molecule has 1 saturated carbocycles. The lowest BCUT2D eigenvalue weighted by Gasteiger charge is -2.23. The predicted octanol–water partition coefficient (Wildman–Crippen LogP) is 1.56. The molecule has 0 aliphatic heterocycles. The Hall–Kier alpha value is -1.30. The van der Waals surface area contributed by atoms with Crippen molar-refractivity contribution in [1.29, 1.82) is 0 Å². The predicted molar refractivity (Wildman–Crippen MR) is 75.6 cm³/mol. The van der Waals surface area contributed by atoms with Crippen LogP contribution in [0.25, 0.3) is 0 Å². The number of amides is 2. The van der Waals surface area contributed by atoms with Gasteiger partial charge in [-0.2, -0.15) is 0 Å². The molecule has 1 aliphatic rings. The van der Waals surface area contributed by atoms with Gasteiger partial charge in [0.1, 0.15) is 0 Å². The van der Waals surface area contributed by atoms with Crippen LogP contribution in [0, 0.1) is 11.8 Å². The summed E-state index contributed by atoms with van der Waals surface area (Å²) in [5.74, 6) is -0.999. The molecule has 2 amide bonds. The molecule has 0 heterocycles. The SMILES string of the molecule is CCOCCN(CC)C(=O)NCC1CCCC1C(=O)O. The second kappa shape index (κ2) is 8.79. The molecule has 2 atom stereocenters. The van der Waals surface area contributed by atoms with Gasteiger partial charge < -0.3 is 20.1 Å². The van der Waals surface area contributed by atoms with Crippen molar-refractivity contribution in [3.8, 4) is 0 Å². The number of ether oxygens (including phenoxy) is 1. The Morgan fingerprint density at radius 1 is 1.35 bits per heavy atom. The van der Waals surface area contributed by atoms with Crippen LogP contribution in [-0.2, 0) is 9.53 Å². The molecular formula is C14H26N2O4. The van der Waals surface area contributed by atoms with Crippen LogP contribution in [0.3, 0.4) is 0 Å². The molecule has 116 valence electrons. The summed E-state index contributed by atoms with van der Waals surface area (Å²) in [5, 5.41) is 12.0. The fourth-order valence-electron chi connectivity index (χ4n) is 2.66. The van der Waals surface area contributed by atoms with Crippen LogP contribution in [0.1, 0.15) is 33.1 Å². The summed E-state index contributed by atoms with van der Waals surface area (Å²) in [6, 6.07) is -0.136. The van der Waals surface area contributed by atoms with Gasteiger partial charge in [-0.05, 0) is 32.6 Å². The highest BCUT2D eigenvalue weighted by Gasteiger charge is 2.33. The molecule has 0 aromatic heterocycles. The number of likely N-dealkylation sites (N-methyl/N-ethyl adjacent to an activating group) is 1. The number of hydrogen-bond donors (Lipinski definition) is 2. The summed E-state index contributed by atoms with van der Waals surface area (Å²) >= 11 is 0. The van der Waals surface area contributed by atoms with E-state index in [0.717, 1.165) is 19.3 Å². The lowest BCUT2D eigenvalue weighted by Crippen LogP contribution is -2.44. The van der Waals surface area contributed by atoms with Crippen molar-refractivity contribution >= 4 is 12.0 Å². The summed E-state index contributed by atoms with van der Waals surface area (Å²) < 4.78 is 5.24. The van der Waals surface area contributed by atoms with Gasteiger partial charge in [0.25, 0.3) is 0 Å². The van der Waals surface area contributed by atoms with Crippen molar-refractivity contribution in [3.63, 3.8) is 0 Å². The average molecular weight is 286 g/mol. The monoisotopic (exact) mass is 286 g/mol. The quantitative estimate of drug-likeness (QED) is 0.664. The molecule has 2 unspecified atom stereocenters. The molecule has 0 radical (unpaired) electrons. The van der Waals surface area contributed by atoms with E-state index in [0.29, 0.717) is 32.8 Å². The Labute approximate surface area is 120 Å². The van der Waals surface area contributed by atoms with Crippen LogP contribution >= 0.6 is 0 Å². The van der Waals surface area contributed by atoms with E-state index in [2.05, 4.69) is 5.32 Å². The van der Waals surface area contributed by atoms with Crippen molar-refractivity contribution < 1.29 is 19.4 Å².